The van der Waals surface area contributed by atoms with E-state index in [9.17, 15) is 13.2 Å². The second kappa shape index (κ2) is 7.52. The number of fused-ring (bicyclic) bond motifs is 1. The summed E-state index contributed by atoms with van der Waals surface area (Å²) in [6, 6.07) is 7.84. The first-order chi connectivity index (χ1) is 13.4. The van der Waals surface area contributed by atoms with Crippen molar-refractivity contribution in [3.63, 3.8) is 0 Å². The normalized spacial score (nSPS) is 18.6. The lowest BCUT2D eigenvalue weighted by Gasteiger charge is -2.33. The number of hydrogen-bond donors (Lipinski definition) is 0. The van der Waals surface area contributed by atoms with E-state index in [2.05, 4.69) is 10.1 Å². The number of alkyl halides is 3. The van der Waals surface area contributed by atoms with Gasteiger partial charge in [0.15, 0.2) is 6.10 Å². The third-order valence-corrected chi connectivity index (χ3v) is 5.00. The molecule has 1 aliphatic rings. The lowest BCUT2D eigenvalue weighted by Crippen LogP contribution is -2.48. The summed E-state index contributed by atoms with van der Waals surface area (Å²) in [6.45, 7) is 3.68. The van der Waals surface area contributed by atoms with Crippen molar-refractivity contribution in [1.29, 1.82) is 0 Å². The highest BCUT2D eigenvalue weighted by atomic mass is 19.4. The van der Waals surface area contributed by atoms with Crippen molar-refractivity contribution < 1.29 is 17.9 Å². The summed E-state index contributed by atoms with van der Waals surface area (Å²) in [6.07, 6.45) is -0.479. The largest absolute Gasteiger partial charge is 0.415 e. The fraction of sp³-hybridized carbons (Fsp3) is 0.400. The van der Waals surface area contributed by atoms with Gasteiger partial charge in [-0.25, -0.2) is 0 Å². The van der Waals surface area contributed by atoms with Crippen LogP contribution in [0.3, 0.4) is 0 Å². The summed E-state index contributed by atoms with van der Waals surface area (Å²) in [5.74, 6) is 0. The number of rotatable bonds is 4. The second-order valence-electron chi connectivity index (χ2n) is 6.93. The van der Waals surface area contributed by atoms with Crippen molar-refractivity contribution in [2.24, 2.45) is 0 Å². The fourth-order valence-electron chi connectivity index (χ4n) is 3.52. The van der Waals surface area contributed by atoms with Crippen LogP contribution in [0.15, 0.2) is 42.9 Å². The zero-order chi connectivity index (χ0) is 19.7. The number of aromatic nitrogens is 3. The minimum atomic E-state index is -4.33. The van der Waals surface area contributed by atoms with Crippen LogP contribution in [0.25, 0.3) is 22.0 Å². The van der Waals surface area contributed by atoms with E-state index in [4.69, 9.17) is 4.74 Å². The molecular weight excluding hydrogens is 369 g/mol. The predicted octanol–water partition coefficient (Wildman–Crippen LogP) is 3.88. The van der Waals surface area contributed by atoms with Gasteiger partial charge >= 0.3 is 6.18 Å². The first-order valence-corrected chi connectivity index (χ1v) is 9.25. The summed E-state index contributed by atoms with van der Waals surface area (Å²) >= 11 is 0. The Labute approximate surface area is 160 Å². The molecule has 4 rings (SSSR count). The van der Waals surface area contributed by atoms with Gasteiger partial charge in [-0.15, -0.1) is 0 Å². The maximum absolute atomic E-state index is 12.9. The van der Waals surface area contributed by atoms with Crippen LogP contribution in [0.2, 0.25) is 0 Å². The molecule has 148 valence electrons. The second-order valence-corrected chi connectivity index (χ2v) is 6.93. The molecule has 1 aliphatic heterocycles. The van der Waals surface area contributed by atoms with Crippen LogP contribution in [0.5, 0.6) is 0 Å². The van der Waals surface area contributed by atoms with Crippen LogP contribution in [0, 0.1) is 0 Å². The molecule has 5 nitrogen and oxygen atoms in total. The van der Waals surface area contributed by atoms with Crippen LogP contribution in [0.4, 0.5) is 13.2 Å². The highest BCUT2D eigenvalue weighted by Gasteiger charge is 2.43. The van der Waals surface area contributed by atoms with E-state index in [0.717, 1.165) is 34.1 Å². The maximum Gasteiger partial charge on any atom is 0.415 e. The van der Waals surface area contributed by atoms with Gasteiger partial charge in [0, 0.05) is 49.5 Å². The van der Waals surface area contributed by atoms with E-state index in [-0.39, 0.29) is 13.2 Å². The molecule has 0 spiro atoms. The van der Waals surface area contributed by atoms with Crippen molar-refractivity contribution in [2.75, 3.05) is 19.7 Å². The smallest absolute Gasteiger partial charge is 0.366 e. The number of pyridine rings is 1. The Kier molecular flexibility index (Phi) is 5.07. The van der Waals surface area contributed by atoms with Crippen LogP contribution in [0.1, 0.15) is 12.5 Å². The molecule has 3 aromatic rings. The average Bonchev–Trinajstić information content (AvgIpc) is 3.16. The number of hydrogen-bond acceptors (Lipinski definition) is 4. The molecule has 3 heterocycles. The summed E-state index contributed by atoms with van der Waals surface area (Å²) < 4.78 is 45.5. The van der Waals surface area contributed by atoms with E-state index < -0.39 is 12.3 Å². The van der Waals surface area contributed by atoms with Gasteiger partial charge in [-0.2, -0.15) is 18.3 Å². The SMILES string of the molecule is CCn1cc(-c2ccnc3cc(CN4CCOC(C(F)(F)F)C4)ccc23)cn1. The minimum Gasteiger partial charge on any atom is -0.366 e. The molecule has 0 aliphatic carbocycles. The Morgan fingerprint density at radius 3 is 2.86 bits per heavy atom. The number of ether oxygens (including phenoxy) is 1. The minimum absolute atomic E-state index is 0.0849. The summed E-state index contributed by atoms with van der Waals surface area (Å²) in [4.78, 5) is 6.23. The molecule has 0 radical (unpaired) electrons. The van der Waals surface area contributed by atoms with Crippen molar-refractivity contribution in [3.8, 4) is 11.1 Å². The molecule has 0 amide bonds. The van der Waals surface area contributed by atoms with Crippen molar-refractivity contribution in [1.82, 2.24) is 19.7 Å². The molecule has 1 atom stereocenters. The molecular formula is C20H21F3N4O. The lowest BCUT2D eigenvalue weighted by molar-refractivity contribution is -0.237. The summed E-state index contributed by atoms with van der Waals surface area (Å²) in [5.41, 5.74) is 3.81. The van der Waals surface area contributed by atoms with Gasteiger partial charge in [-0.1, -0.05) is 12.1 Å². The van der Waals surface area contributed by atoms with E-state index in [1.165, 1.54) is 0 Å². The monoisotopic (exact) mass is 390 g/mol. The Hall–Kier alpha value is -2.45. The van der Waals surface area contributed by atoms with Gasteiger partial charge in [0.25, 0.3) is 0 Å². The van der Waals surface area contributed by atoms with Crippen LogP contribution in [-0.4, -0.2) is 51.6 Å². The van der Waals surface area contributed by atoms with Gasteiger partial charge in [-0.05, 0) is 30.2 Å². The Bertz CT molecular complexity index is 969. The van der Waals surface area contributed by atoms with Gasteiger partial charge in [-0.3, -0.25) is 14.6 Å². The molecule has 1 unspecified atom stereocenters. The molecule has 1 fully saturated rings. The van der Waals surface area contributed by atoms with Crippen molar-refractivity contribution >= 4 is 10.9 Å². The molecule has 0 saturated carbocycles. The lowest BCUT2D eigenvalue weighted by atomic mass is 10.0. The fourth-order valence-corrected chi connectivity index (χ4v) is 3.52. The van der Waals surface area contributed by atoms with Gasteiger partial charge in [0.1, 0.15) is 0 Å². The Morgan fingerprint density at radius 2 is 2.11 bits per heavy atom. The molecule has 8 heteroatoms. The first-order valence-electron chi connectivity index (χ1n) is 9.25. The van der Waals surface area contributed by atoms with Crippen molar-refractivity contribution in [2.45, 2.75) is 32.3 Å². The molecule has 0 N–H and O–H groups in total. The van der Waals surface area contributed by atoms with Crippen LogP contribution < -0.4 is 0 Å². The molecule has 1 aromatic carbocycles. The van der Waals surface area contributed by atoms with E-state index in [0.29, 0.717) is 13.1 Å². The zero-order valence-electron chi connectivity index (χ0n) is 15.5. The molecule has 0 bridgehead atoms. The molecule has 1 saturated heterocycles. The number of benzene rings is 1. The molecule has 2 aromatic heterocycles. The quantitative estimate of drug-likeness (QED) is 0.678. The third-order valence-electron chi connectivity index (χ3n) is 5.00. The van der Waals surface area contributed by atoms with Gasteiger partial charge in [0.2, 0.25) is 0 Å². The highest BCUT2D eigenvalue weighted by molar-refractivity contribution is 5.94. The van der Waals surface area contributed by atoms with E-state index in [1.54, 1.807) is 11.1 Å². The zero-order valence-corrected chi connectivity index (χ0v) is 15.5. The van der Waals surface area contributed by atoms with Crippen molar-refractivity contribution in [3.05, 3.63) is 48.4 Å². The van der Waals surface area contributed by atoms with Crippen LogP contribution in [-0.2, 0) is 17.8 Å². The van der Waals surface area contributed by atoms with Gasteiger partial charge in [0.05, 0.1) is 18.3 Å². The third kappa shape index (κ3) is 3.88. The number of morpholine rings is 1. The summed E-state index contributed by atoms with van der Waals surface area (Å²) in [7, 11) is 0. The maximum atomic E-state index is 12.9. The summed E-state index contributed by atoms with van der Waals surface area (Å²) in [5, 5.41) is 5.32. The Balaban J connectivity index is 1.57. The van der Waals surface area contributed by atoms with Gasteiger partial charge < -0.3 is 4.74 Å². The Morgan fingerprint density at radius 1 is 1.25 bits per heavy atom. The topological polar surface area (TPSA) is 43.2 Å². The number of nitrogens with zero attached hydrogens (tertiary/aromatic N) is 4. The highest BCUT2D eigenvalue weighted by Crippen LogP contribution is 2.29. The first kappa shape index (κ1) is 18.9. The van der Waals surface area contributed by atoms with Crippen LogP contribution >= 0.6 is 0 Å². The number of aryl methyl sites for hydroxylation is 1. The van der Waals surface area contributed by atoms with E-state index >= 15 is 0 Å². The predicted molar refractivity (Wildman–Crippen MR) is 99.7 cm³/mol. The standard InChI is InChI=1S/C20H21F3N4O/c1-2-27-12-15(10-25-27)16-5-6-24-18-9-14(3-4-17(16)18)11-26-7-8-28-19(13-26)20(21,22)23/h3-6,9-10,12,19H,2,7-8,11,13H2,1H3. The molecule has 28 heavy (non-hydrogen) atoms. The average molecular weight is 390 g/mol. The van der Waals surface area contributed by atoms with E-state index in [1.807, 2.05) is 48.3 Å². The number of halogens is 3.